The van der Waals surface area contributed by atoms with Crippen LogP contribution < -0.4 is 0 Å². The van der Waals surface area contributed by atoms with E-state index in [-0.39, 0.29) is 48.2 Å². The van der Waals surface area contributed by atoms with E-state index in [9.17, 15) is 18.0 Å². The van der Waals surface area contributed by atoms with Gasteiger partial charge in [-0.1, -0.05) is 12.2 Å². The summed E-state index contributed by atoms with van der Waals surface area (Å²) in [6, 6.07) is 0. The standard InChI is InChI=1S/C7H10O4.C3H6O3S.Na.H/c1-2-3-5(7(10)11)4-6(8)9;1-2-3-7(4,5)6;;/h2,5H,1,3-4H2,(H,8,9)(H,10,11);2H,1,3H2,(H,4,5,6);;. The Morgan fingerprint density at radius 1 is 1.16 bits per heavy atom. The first kappa shape index (κ1) is 23.4. The molecule has 1 unspecified atom stereocenters. The van der Waals surface area contributed by atoms with Gasteiger partial charge in [-0.15, -0.1) is 13.2 Å². The third-order valence-corrected chi connectivity index (χ3v) is 2.21. The molecule has 0 saturated heterocycles. The van der Waals surface area contributed by atoms with Gasteiger partial charge in [0.05, 0.1) is 18.1 Å². The van der Waals surface area contributed by atoms with Gasteiger partial charge in [-0.3, -0.25) is 14.1 Å². The summed E-state index contributed by atoms with van der Waals surface area (Å²) in [7, 11) is -3.79. The molecule has 0 rings (SSSR count). The zero-order valence-corrected chi connectivity index (χ0v) is 10.5. The first-order valence-corrected chi connectivity index (χ1v) is 6.36. The van der Waals surface area contributed by atoms with Crippen LogP contribution in [0, 0.1) is 5.92 Å². The first-order chi connectivity index (χ1) is 8.14. The van der Waals surface area contributed by atoms with Gasteiger partial charge in [-0.25, -0.2) is 0 Å². The van der Waals surface area contributed by atoms with Gasteiger partial charge in [0.25, 0.3) is 10.1 Å². The van der Waals surface area contributed by atoms with Crippen LogP contribution >= 0.6 is 0 Å². The fourth-order valence-electron chi connectivity index (χ4n) is 0.832. The number of aliphatic carboxylic acids is 2. The SMILES string of the molecule is C=CCC(CC(=O)O)C(=O)O.C=CCS(=O)(=O)O.[NaH]. The summed E-state index contributed by atoms with van der Waals surface area (Å²) in [4.78, 5) is 20.4. The van der Waals surface area contributed by atoms with Crippen molar-refractivity contribution in [2.45, 2.75) is 12.8 Å². The van der Waals surface area contributed by atoms with E-state index in [0.717, 1.165) is 6.08 Å². The molecule has 0 saturated carbocycles. The van der Waals surface area contributed by atoms with Crippen LogP contribution in [0.25, 0.3) is 0 Å². The van der Waals surface area contributed by atoms with Crippen molar-refractivity contribution in [1.82, 2.24) is 0 Å². The second-order valence-corrected chi connectivity index (χ2v) is 4.69. The molecule has 0 fully saturated rings. The Morgan fingerprint density at radius 3 is 1.79 bits per heavy atom. The van der Waals surface area contributed by atoms with Gasteiger partial charge in [0, 0.05) is 0 Å². The first-order valence-electron chi connectivity index (χ1n) is 4.75. The second-order valence-electron chi connectivity index (χ2n) is 3.19. The van der Waals surface area contributed by atoms with Crippen LogP contribution in [0.5, 0.6) is 0 Å². The van der Waals surface area contributed by atoms with Crippen molar-refractivity contribution in [3.8, 4) is 0 Å². The Morgan fingerprint density at radius 2 is 1.63 bits per heavy atom. The maximum atomic E-state index is 10.3. The Bertz CT molecular complexity index is 402. The molecule has 0 amide bonds. The van der Waals surface area contributed by atoms with Crippen molar-refractivity contribution in [2.75, 3.05) is 5.75 Å². The number of allylic oxidation sites excluding steroid dienone is 1. The Kier molecular flexibility index (Phi) is 15.2. The topological polar surface area (TPSA) is 129 Å². The molecule has 106 valence electrons. The Balaban J connectivity index is -0.000000280. The average Bonchev–Trinajstić information content (AvgIpc) is 2.15. The summed E-state index contributed by atoms with van der Waals surface area (Å²) < 4.78 is 27.3. The van der Waals surface area contributed by atoms with E-state index in [4.69, 9.17) is 14.8 Å². The van der Waals surface area contributed by atoms with Gasteiger partial charge < -0.3 is 10.2 Å². The summed E-state index contributed by atoms with van der Waals surface area (Å²) in [6.07, 6.45) is 2.38. The summed E-state index contributed by atoms with van der Waals surface area (Å²) in [5.74, 6) is -3.40. The van der Waals surface area contributed by atoms with Crippen molar-refractivity contribution in [1.29, 1.82) is 0 Å². The summed E-state index contributed by atoms with van der Waals surface area (Å²) in [5.41, 5.74) is 0. The van der Waals surface area contributed by atoms with E-state index >= 15 is 0 Å². The minimum absolute atomic E-state index is 0. The van der Waals surface area contributed by atoms with Crippen LogP contribution in [-0.4, -0.2) is 70.4 Å². The molecule has 0 aliphatic carbocycles. The zero-order valence-electron chi connectivity index (χ0n) is 9.65. The van der Waals surface area contributed by atoms with Crippen molar-refractivity contribution < 1.29 is 32.8 Å². The molecule has 0 aliphatic rings. The van der Waals surface area contributed by atoms with Crippen molar-refractivity contribution in [3.63, 3.8) is 0 Å². The fourth-order valence-corrected chi connectivity index (χ4v) is 1.13. The average molecular weight is 304 g/mol. The molecule has 0 aromatic carbocycles. The summed E-state index contributed by atoms with van der Waals surface area (Å²) in [5, 5.41) is 16.7. The number of carboxylic acid groups (broad SMARTS) is 2. The van der Waals surface area contributed by atoms with Gasteiger partial charge in [-0.2, -0.15) is 8.42 Å². The van der Waals surface area contributed by atoms with Gasteiger partial charge >= 0.3 is 41.5 Å². The third-order valence-electron chi connectivity index (χ3n) is 1.55. The normalized spacial score (nSPS) is 11.0. The van der Waals surface area contributed by atoms with E-state index in [1.54, 1.807) is 0 Å². The molecule has 0 bridgehead atoms. The molecule has 1 atom stereocenters. The number of carboxylic acids is 2. The number of hydrogen-bond acceptors (Lipinski definition) is 4. The second kappa shape index (κ2) is 12.4. The molecule has 0 radical (unpaired) electrons. The number of hydrogen-bond donors (Lipinski definition) is 3. The van der Waals surface area contributed by atoms with E-state index in [1.807, 2.05) is 0 Å². The molecule has 0 aliphatic heterocycles. The zero-order chi connectivity index (χ0) is 14.8. The molecular formula is C10H17NaO7S. The van der Waals surface area contributed by atoms with Gasteiger partial charge in [0.15, 0.2) is 0 Å². The van der Waals surface area contributed by atoms with E-state index in [2.05, 4.69) is 13.2 Å². The molecule has 3 N–H and O–H groups in total. The molecule has 0 heterocycles. The molecule has 9 heteroatoms. The predicted octanol–water partition coefficient (Wildman–Crippen LogP) is 0.150. The fraction of sp³-hybridized carbons (Fsp3) is 0.400. The van der Waals surface area contributed by atoms with Gasteiger partial charge in [-0.05, 0) is 6.42 Å². The number of carbonyl (C=O) groups is 2. The molecule has 0 aromatic rings. The molecular weight excluding hydrogens is 287 g/mol. The Hall–Kier alpha value is -0.670. The maximum absolute atomic E-state index is 10.3. The van der Waals surface area contributed by atoms with E-state index in [1.165, 1.54) is 6.08 Å². The van der Waals surface area contributed by atoms with Crippen molar-refractivity contribution >= 4 is 51.6 Å². The predicted molar refractivity (Wildman–Crippen MR) is 72.0 cm³/mol. The van der Waals surface area contributed by atoms with Gasteiger partial charge in [0.2, 0.25) is 0 Å². The van der Waals surface area contributed by atoms with Crippen molar-refractivity contribution in [2.24, 2.45) is 5.92 Å². The van der Waals surface area contributed by atoms with Crippen molar-refractivity contribution in [3.05, 3.63) is 25.3 Å². The van der Waals surface area contributed by atoms with Crippen LogP contribution in [-0.2, 0) is 19.7 Å². The summed E-state index contributed by atoms with van der Waals surface area (Å²) in [6.45, 7) is 6.44. The van der Waals surface area contributed by atoms with Crippen LogP contribution in [0.4, 0.5) is 0 Å². The van der Waals surface area contributed by atoms with Crippen LogP contribution in [0.3, 0.4) is 0 Å². The molecule has 0 aromatic heterocycles. The Labute approximate surface area is 134 Å². The molecule has 19 heavy (non-hydrogen) atoms. The summed E-state index contributed by atoms with van der Waals surface area (Å²) >= 11 is 0. The van der Waals surface area contributed by atoms with E-state index < -0.39 is 28.0 Å². The quantitative estimate of drug-likeness (QED) is 0.347. The van der Waals surface area contributed by atoms with Crippen LogP contribution in [0.2, 0.25) is 0 Å². The third kappa shape index (κ3) is 19.8. The van der Waals surface area contributed by atoms with Crippen LogP contribution in [0.1, 0.15) is 12.8 Å². The molecule has 7 nitrogen and oxygen atoms in total. The van der Waals surface area contributed by atoms with E-state index in [0.29, 0.717) is 0 Å². The number of rotatable bonds is 7. The monoisotopic (exact) mass is 304 g/mol. The van der Waals surface area contributed by atoms with Gasteiger partial charge in [0.1, 0.15) is 0 Å². The minimum atomic E-state index is -3.79. The van der Waals surface area contributed by atoms with Crippen LogP contribution in [0.15, 0.2) is 25.3 Å². The molecule has 0 spiro atoms.